The lowest BCUT2D eigenvalue weighted by Crippen LogP contribution is -2.27. The first-order chi connectivity index (χ1) is 10.9. The zero-order valence-corrected chi connectivity index (χ0v) is 12.4. The molecule has 1 aliphatic carbocycles. The summed E-state index contributed by atoms with van der Waals surface area (Å²) in [6.07, 6.45) is 0.340. The molecule has 2 nitrogen and oxygen atoms in total. The Kier molecular flexibility index (Phi) is 3.82. The number of Topliss-reactive ketones (excluding diaryl/α,β-unsaturated/α-hetero) is 1. The molecule has 23 heavy (non-hydrogen) atoms. The van der Waals surface area contributed by atoms with Crippen LogP contribution in [-0.2, 0) is 6.42 Å². The first-order valence-corrected chi connectivity index (χ1v) is 7.15. The number of hydrogen-bond donors (Lipinski definition) is 1. The average molecular weight is 317 g/mol. The molecule has 3 rings (SSSR count). The monoisotopic (exact) mass is 317 g/mol. The third kappa shape index (κ3) is 2.80. The Morgan fingerprint density at radius 1 is 1.00 bits per heavy atom. The topological polar surface area (TPSA) is 43.1 Å². The molecule has 5 heteroatoms. The van der Waals surface area contributed by atoms with Crippen LogP contribution in [0.2, 0.25) is 0 Å². The predicted octanol–water partition coefficient (Wildman–Crippen LogP) is 3.64. The van der Waals surface area contributed by atoms with Crippen LogP contribution in [0.3, 0.4) is 0 Å². The van der Waals surface area contributed by atoms with Gasteiger partial charge in [0.05, 0.1) is 0 Å². The smallest absolute Gasteiger partial charge is 0.194 e. The van der Waals surface area contributed by atoms with Crippen LogP contribution < -0.4 is 5.73 Å². The molecule has 0 aromatic heterocycles. The van der Waals surface area contributed by atoms with Crippen molar-refractivity contribution in [3.63, 3.8) is 0 Å². The molecule has 2 aromatic carbocycles. The molecule has 2 N–H and O–H groups in total. The third-order valence-corrected chi connectivity index (χ3v) is 3.95. The maximum Gasteiger partial charge on any atom is 0.194 e. The van der Waals surface area contributed by atoms with Gasteiger partial charge in [0.1, 0.15) is 17.5 Å². The van der Waals surface area contributed by atoms with Crippen molar-refractivity contribution in [2.45, 2.75) is 19.4 Å². The lowest BCUT2D eigenvalue weighted by atomic mass is 9.80. The number of benzene rings is 2. The minimum Gasteiger partial charge on any atom is -0.324 e. The molecule has 0 bridgehead atoms. The highest BCUT2D eigenvalue weighted by Gasteiger charge is 2.29. The summed E-state index contributed by atoms with van der Waals surface area (Å²) in [4.78, 5) is 12.8. The summed E-state index contributed by atoms with van der Waals surface area (Å²) < 4.78 is 40.5. The molecule has 1 atom stereocenters. The van der Waals surface area contributed by atoms with Gasteiger partial charge in [0, 0.05) is 23.2 Å². The van der Waals surface area contributed by atoms with Gasteiger partial charge in [-0.25, -0.2) is 13.2 Å². The van der Waals surface area contributed by atoms with E-state index in [0.717, 1.165) is 24.3 Å². The summed E-state index contributed by atoms with van der Waals surface area (Å²) in [6.45, 7) is 1.70. The van der Waals surface area contributed by atoms with Crippen LogP contribution in [-0.4, -0.2) is 11.8 Å². The minimum atomic E-state index is -0.783. The summed E-state index contributed by atoms with van der Waals surface area (Å²) in [5.41, 5.74) is 7.66. The Bertz CT molecular complexity index is 820. The number of carbonyl (C=O) groups excluding carboxylic acids is 1. The summed E-state index contributed by atoms with van der Waals surface area (Å²) in [6, 6.07) is 6.39. The molecular weight excluding hydrogens is 303 g/mol. The Morgan fingerprint density at radius 3 is 2.26 bits per heavy atom. The van der Waals surface area contributed by atoms with Crippen LogP contribution in [0.15, 0.2) is 42.0 Å². The standard InChI is InChI=1S/C18H14F3NO/c1-9(22)15-6-10-2-3-12(19)8-16(10)18(23)17(15)11-4-13(20)7-14(21)5-11/h2-5,7-9H,6,22H2,1H3/t9-/m0/s1. The van der Waals surface area contributed by atoms with Crippen LogP contribution in [0, 0.1) is 17.5 Å². The molecule has 0 spiro atoms. The van der Waals surface area contributed by atoms with Crippen molar-refractivity contribution in [1.29, 1.82) is 0 Å². The number of ketones is 1. The zero-order chi connectivity index (χ0) is 16.7. The molecule has 0 radical (unpaired) electrons. The number of carbonyl (C=O) groups is 1. The van der Waals surface area contributed by atoms with Gasteiger partial charge in [-0.2, -0.15) is 0 Å². The number of halogens is 3. The van der Waals surface area contributed by atoms with Crippen LogP contribution in [0.25, 0.3) is 5.57 Å². The molecule has 0 saturated heterocycles. The van der Waals surface area contributed by atoms with E-state index >= 15 is 0 Å². The maximum absolute atomic E-state index is 13.5. The second-order valence-electron chi connectivity index (χ2n) is 5.65. The largest absolute Gasteiger partial charge is 0.324 e. The van der Waals surface area contributed by atoms with Crippen molar-refractivity contribution in [3.8, 4) is 0 Å². The quantitative estimate of drug-likeness (QED) is 0.919. The Labute approximate surface area is 131 Å². The van der Waals surface area contributed by atoms with Gasteiger partial charge in [0.25, 0.3) is 0 Å². The van der Waals surface area contributed by atoms with Crippen molar-refractivity contribution in [1.82, 2.24) is 0 Å². The highest BCUT2D eigenvalue weighted by atomic mass is 19.1. The van der Waals surface area contributed by atoms with E-state index in [1.54, 1.807) is 6.92 Å². The fraction of sp³-hybridized carbons (Fsp3) is 0.167. The summed E-state index contributed by atoms with van der Waals surface area (Å²) in [5.74, 6) is -2.57. The first kappa shape index (κ1) is 15.5. The van der Waals surface area contributed by atoms with E-state index in [0.29, 0.717) is 17.6 Å². The highest BCUT2D eigenvalue weighted by molar-refractivity contribution is 6.31. The van der Waals surface area contributed by atoms with Crippen LogP contribution in [0.5, 0.6) is 0 Å². The summed E-state index contributed by atoms with van der Waals surface area (Å²) in [7, 11) is 0. The molecule has 1 aliphatic rings. The van der Waals surface area contributed by atoms with Crippen LogP contribution >= 0.6 is 0 Å². The SMILES string of the molecule is C[C@H](N)C1=C(c2cc(F)cc(F)c2)C(=O)c2cc(F)ccc2C1. The number of fused-ring (bicyclic) bond motifs is 1. The van der Waals surface area contributed by atoms with Crippen LogP contribution in [0.4, 0.5) is 13.2 Å². The van der Waals surface area contributed by atoms with E-state index in [1.165, 1.54) is 12.1 Å². The number of allylic oxidation sites excluding steroid dienone is 1. The number of hydrogen-bond acceptors (Lipinski definition) is 2. The number of rotatable bonds is 2. The van der Waals surface area contributed by atoms with Crippen molar-refractivity contribution in [3.05, 3.63) is 76.1 Å². The van der Waals surface area contributed by atoms with Gasteiger partial charge < -0.3 is 5.73 Å². The first-order valence-electron chi connectivity index (χ1n) is 7.15. The van der Waals surface area contributed by atoms with Gasteiger partial charge in [-0.1, -0.05) is 6.07 Å². The average Bonchev–Trinajstić information content (AvgIpc) is 2.46. The molecule has 0 heterocycles. The maximum atomic E-state index is 13.5. The van der Waals surface area contributed by atoms with E-state index in [1.807, 2.05) is 0 Å². The Morgan fingerprint density at radius 2 is 1.65 bits per heavy atom. The number of nitrogens with two attached hydrogens (primary N) is 1. The summed E-state index contributed by atoms with van der Waals surface area (Å²) >= 11 is 0. The fourth-order valence-corrected chi connectivity index (χ4v) is 2.89. The van der Waals surface area contributed by atoms with Gasteiger partial charge >= 0.3 is 0 Å². The van der Waals surface area contributed by atoms with E-state index in [4.69, 9.17) is 5.73 Å². The molecular formula is C18H14F3NO. The van der Waals surface area contributed by atoms with E-state index in [2.05, 4.69) is 0 Å². The molecule has 2 aromatic rings. The zero-order valence-electron chi connectivity index (χ0n) is 12.4. The molecule has 0 saturated carbocycles. The third-order valence-electron chi connectivity index (χ3n) is 3.95. The lowest BCUT2D eigenvalue weighted by molar-refractivity contribution is 0.105. The predicted molar refractivity (Wildman–Crippen MR) is 81.4 cm³/mol. The molecule has 0 amide bonds. The van der Waals surface area contributed by atoms with E-state index in [-0.39, 0.29) is 16.7 Å². The van der Waals surface area contributed by atoms with Crippen molar-refractivity contribution in [2.24, 2.45) is 5.73 Å². The molecule has 0 aliphatic heterocycles. The van der Waals surface area contributed by atoms with Crippen molar-refractivity contribution in [2.75, 3.05) is 0 Å². The molecule has 118 valence electrons. The van der Waals surface area contributed by atoms with Crippen molar-refractivity contribution >= 4 is 11.4 Å². The molecule has 0 fully saturated rings. The lowest BCUT2D eigenvalue weighted by Gasteiger charge is -2.25. The molecule has 0 unspecified atom stereocenters. The minimum absolute atomic E-state index is 0.120. The van der Waals surface area contributed by atoms with E-state index in [9.17, 15) is 18.0 Å². The second-order valence-corrected chi connectivity index (χ2v) is 5.65. The Balaban J connectivity index is 2.24. The van der Waals surface area contributed by atoms with Gasteiger partial charge in [0.2, 0.25) is 0 Å². The van der Waals surface area contributed by atoms with E-state index < -0.39 is 29.3 Å². The normalized spacial score (nSPS) is 15.6. The van der Waals surface area contributed by atoms with Crippen LogP contribution in [0.1, 0.15) is 28.4 Å². The summed E-state index contributed by atoms with van der Waals surface area (Å²) in [5, 5.41) is 0. The van der Waals surface area contributed by atoms with Gasteiger partial charge in [0.15, 0.2) is 5.78 Å². The fourth-order valence-electron chi connectivity index (χ4n) is 2.89. The second kappa shape index (κ2) is 5.66. The Hall–Kier alpha value is -2.40. The van der Waals surface area contributed by atoms with Gasteiger partial charge in [-0.05, 0) is 54.3 Å². The highest BCUT2D eigenvalue weighted by Crippen LogP contribution is 2.34. The van der Waals surface area contributed by atoms with Gasteiger partial charge in [-0.15, -0.1) is 0 Å². The van der Waals surface area contributed by atoms with Gasteiger partial charge in [-0.3, -0.25) is 4.79 Å². The van der Waals surface area contributed by atoms with Crippen molar-refractivity contribution < 1.29 is 18.0 Å².